The fourth-order valence-corrected chi connectivity index (χ4v) is 1.99. The first-order valence-electron chi connectivity index (χ1n) is 4.88. The molecule has 0 amide bonds. The van der Waals surface area contributed by atoms with Crippen LogP contribution in [0.1, 0.15) is 19.3 Å². The van der Waals surface area contributed by atoms with Crippen molar-refractivity contribution < 1.29 is 0 Å². The van der Waals surface area contributed by atoms with E-state index in [9.17, 15) is 0 Å². The summed E-state index contributed by atoms with van der Waals surface area (Å²) in [7, 11) is 0. The molecule has 0 aromatic rings. The lowest BCUT2D eigenvalue weighted by Crippen LogP contribution is -2.20. The van der Waals surface area contributed by atoms with Crippen LogP contribution in [0.5, 0.6) is 0 Å². The molecular weight excluding hydrogens is 287 g/mol. The number of hydrogen-bond acceptors (Lipinski definition) is 2. The zero-order valence-electron chi connectivity index (χ0n) is 8.35. The maximum atomic E-state index is 5.81. The largest absolute Gasteiger partial charge is 0.402 e. The Labute approximate surface area is 99.5 Å². The number of nitrogens with two attached hydrogens (primary N) is 1. The van der Waals surface area contributed by atoms with E-state index in [1.807, 2.05) is 6.08 Å². The lowest BCUT2D eigenvalue weighted by Gasteiger charge is -2.18. The van der Waals surface area contributed by atoms with Crippen molar-refractivity contribution in [2.45, 2.75) is 19.3 Å². The average Bonchev–Trinajstić information content (AvgIpc) is 2.17. The van der Waals surface area contributed by atoms with E-state index in [0.29, 0.717) is 0 Å². The molecule has 0 atom stereocenters. The number of hydrogen-bond donors (Lipinski definition) is 2. The number of alkyl halides is 1. The van der Waals surface area contributed by atoms with E-state index in [1.165, 1.54) is 12.0 Å². The Balaban J connectivity index is 2.57. The Morgan fingerprint density at radius 1 is 1.64 bits per heavy atom. The van der Waals surface area contributed by atoms with Crippen molar-refractivity contribution in [2.24, 2.45) is 5.73 Å². The van der Waals surface area contributed by atoms with Gasteiger partial charge in [-0.1, -0.05) is 35.2 Å². The summed E-state index contributed by atoms with van der Waals surface area (Å²) in [5.74, 6) is 0. The molecule has 14 heavy (non-hydrogen) atoms. The molecular formula is C11H17IN2. The van der Waals surface area contributed by atoms with Crippen LogP contribution in [0.3, 0.4) is 0 Å². The fourth-order valence-electron chi connectivity index (χ4n) is 1.37. The van der Waals surface area contributed by atoms with Gasteiger partial charge in [0.25, 0.3) is 0 Å². The minimum Gasteiger partial charge on any atom is -0.402 e. The summed E-state index contributed by atoms with van der Waals surface area (Å²) >= 11 is 2.33. The van der Waals surface area contributed by atoms with Crippen LogP contribution < -0.4 is 11.1 Å². The summed E-state index contributed by atoms with van der Waals surface area (Å²) in [5, 5.41) is 3.25. The molecule has 0 bridgehead atoms. The summed E-state index contributed by atoms with van der Waals surface area (Å²) < 4.78 is 1.07. The van der Waals surface area contributed by atoms with Gasteiger partial charge in [0, 0.05) is 22.4 Å². The first-order valence-corrected chi connectivity index (χ1v) is 6.41. The molecule has 0 radical (unpaired) electrons. The summed E-state index contributed by atoms with van der Waals surface area (Å²) in [4.78, 5) is 0. The lowest BCUT2D eigenvalue weighted by atomic mass is 10.0. The number of halogens is 1. The van der Waals surface area contributed by atoms with Gasteiger partial charge < -0.3 is 11.1 Å². The normalized spacial score (nSPS) is 21.1. The number of allylic oxidation sites excluding steroid dienone is 4. The van der Waals surface area contributed by atoms with Crippen LogP contribution in [0, 0.1) is 0 Å². The molecule has 78 valence electrons. The van der Waals surface area contributed by atoms with Crippen molar-refractivity contribution in [3.05, 3.63) is 35.7 Å². The second-order valence-corrected chi connectivity index (χ2v) is 4.46. The van der Waals surface area contributed by atoms with Gasteiger partial charge in [-0.15, -0.1) is 0 Å². The molecule has 0 aromatic carbocycles. The molecule has 0 saturated carbocycles. The van der Waals surface area contributed by atoms with Gasteiger partial charge >= 0.3 is 0 Å². The van der Waals surface area contributed by atoms with Crippen molar-refractivity contribution in [1.29, 1.82) is 0 Å². The third-order valence-electron chi connectivity index (χ3n) is 2.23. The Bertz CT molecular complexity index is 266. The number of piperidine rings is 1. The summed E-state index contributed by atoms with van der Waals surface area (Å²) in [6.07, 6.45) is 7.36. The van der Waals surface area contributed by atoms with Gasteiger partial charge in [-0.05, 0) is 30.9 Å². The summed E-state index contributed by atoms with van der Waals surface area (Å²) in [5.41, 5.74) is 9.09. The van der Waals surface area contributed by atoms with Crippen LogP contribution >= 0.6 is 22.6 Å². The molecule has 2 nitrogen and oxygen atoms in total. The molecule has 1 heterocycles. The molecule has 3 N–H and O–H groups in total. The van der Waals surface area contributed by atoms with Gasteiger partial charge in [-0.25, -0.2) is 0 Å². The molecule has 1 aliphatic heterocycles. The summed E-state index contributed by atoms with van der Waals surface area (Å²) in [6, 6.07) is 0. The van der Waals surface area contributed by atoms with E-state index < -0.39 is 0 Å². The molecule has 1 rings (SSSR count). The third-order valence-corrected chi connectivity index (χ3v) is 2.77. The van der Waals surface area contributed by atoms with Crippen molar-refractivity contribution in [3.63, 3.8) is 0 Å². The zero-order valence-corrected chi connectivity index (χ0v) is 10.5. The molecule has 1 aliphatic rings. The highest BCUT2D eigenvalue weighted by molar-refractivity contribution is 14.1. The van der Waals surface area contributed by atoms with E-state index in [-0.39, 0.29) is 0 Å². The van der Waals surface area contributed by atoms with Crippen LogP contribution in [-0.2, 0) is 0 Å². The van der Waals surface area contributed by atoms with Gasteiger partial charge in [0.15, 0.2) is 0 Å². The second-order valence-electron chi connectivity index (χ2n) is 3.38. The number of rotatable bonds is 3. The van der Waals surface area contributed by atoms with Crippen LogP contribution in [0.2, 0.25) is 0 Å². The molecule has 0 aromatic heterocycles. The highest BCUT2D eigenvalue weighted by atomic mass is 127. The van der Waals surface area contributed by atoms with E-state index in [4.69, 9.17) is 5.73 Å². The number of nitrogens with one attached hydrogen (secondary N) is 1. The quantitative estimate of drug-likeness (QED) is 0.621. The minimum atomic E-state index is 0.949. The molecule has 1 saturated heterocycles. The van der Waals surface area contributed by atoms with Crippen molar-refractivity contribution >= 4 is 22.6 Å². The maximum absolute atomic E-state index is 5.81. The van der Waals surface area contributed by atoms with E-state index in [1.54, 1.807) is 0 Å². The van der Waals surface area contributed by atoms with E-state index in [0.717, 1.165) is 35.2 Å². The van der Waals surface area contributed by atoms with Gasteiger partial charge in [0.05, 0.1) is 0 Å². The van der Waals surface area contributed by atoms with Crippen molar-refractivity contribution in [1.82, 2.24) is 5.32 Å². The zero-order chi connectivity index (χ0) is 10.4. The van der Waals surface area contributed by atoms with Gasteiger partial charge in [-0.2, -0.15) is 0 Å². The van der Waals surface area contributed by atoms with Crippen LogP contribution in [-0.4, -0.2) is 11.0 Å². The van der Waals surface area contributed by atoms with Gasteiger partial charge in [0.2, 0.25) is 0 Å². The first kappa shape index (κ1) is 11.6. The van der Waals surface area contributed by atoms with E-state index >= 15 is 0 Å². The highest BCUT2D eigenvalue weighted by Gasteiger charge is 2.06. The molecule has 1 fully saturated rings. The predicted octanol–water partition coefficient (Wildman–Crippen LogP) is 2.48. The van der Waals surface area contributed by atoms with Crippen LogP contribution in [0.25, 0.3) is 0 Å². The first-order chi connectivity index (χ1) is 6.74. The Hall–Kier alpha value is -0.450. The van der Waals surface area contributed by atoms with Crippen molar-refractivity contribution in [3.8, 4) is 0 Å². The Morgan fingerprint density at radius 3 is 3.07 bits per heavy atom. The highest BCUT2D eigenvalue weighted by Crippen LogP contribution is 2.17. The third kappa shape index (κ3) is 3.74. The minimum absolute atomic E-state index is 0.949. The smallest absolute Gasteiger partial charge is 0.0299 e. The Morgan fingerprint density at radius 2 is 2.43 bits per heavy atom. The Kier molecular flexibility index (Phi) is 5.07. The van der Waals surface area contributed by atoms with Crippen LogP contribution in [0.4, 0.5) is 0 Å². The predicted molar refractivity (Wildman–Crippen MR) is 70.2 cm³/mol. The SMILES string of the molecule is C=C1NCCC/C1=C/C=C(\N)CCI. The molecule has 3 heteroatoms. The molecule has 0 aliphatic carbocycles. The van der Waals surface area contributed by atoms with Gasteiger partial charge in [-0.3, -0.25) is 0 Å². The maximum Gasteiger partial charge on any atom is 0.0299 e. The monoisotopic (exact) mass is 304 g/mol. The topological polar surface area (TPSA) is 38.0 Å². The fraction of sp³-hybridized carbons (Fsp3) is 0.455. The van der Waals surface area contributed by atoms with Gasteiger partial charge in [0.1, 0.15) is 0 Å². The standard InChI is InChI=1S/C11H17IN2/c1-9-10(3-2-8-14-9)4-5-11(13)6-7-12/h4-5,14H,1-3,6-8,13H2/b10-4-,11-5-. The second kappa shape index (κ2) is 6.11. The molecule has 0 spiro atoms. The lowest BCUT2D eigenvalue weighted by molar-refractivity contribution is 0.671. The van der Waals surface area contributed by atoms with Crippen LogP contribution in [0.15, 0.2) is 35.7 Å². The average molecular weight is 304 g/mol. The molecule has 0 unspecified atom stereocenters. The summed E-state index contributed by atoms with van der Waals surface area (Å²) in [6.45, 7) is 5.01. The van der Waals surface area contributed by atoms with Crippen molar-refractivity contribution in [2.75, 3.05) is 11.0 Å². The van der Waals surface area contributed by atoms with E-state index in [2.05, 4.69) is 40.6 Å².